The molecule has 5 heteroatoms. The smallest absolute Gasteiger partial charge is 0.270 e. The second-order valence-electron chi connectivity index (χ2n) is 7.25. The Bertz CT molecular complexity index is 1070. The van der Waals surface area contributed by atoms with Gasteiger partial charge in [0.05, 0.1) is 11.0 Å². The standard InChI is InChI=1S/C21H19N3O2/c1-12-9-13(24(25)26)10-17-14-6-4-7-16(14)21(23-20(12)17)18-11-22-19-8-3-2-5-15(18)19/h2-6,8-11,14,16,21-23H,7H2,1H3. The Morgan fingerprint density at radius 2 is 2.04 bits per heavy atom. The maximum atomic E-state index is 11.3. The van der Waals surface area contributed by atoms with Crippen molar-refractivity contribution in [1.82, 2.24) is 4.98 Å². The molecule has 26 heavy (non-hydrogen) atoms. The normalized spacial score (nSPS) is 23.5. The zero-order chi connectivity index (χ0) is 17.8. The number of allylic oxidation sites excluding steroid dienone is 2. The summed E-state index contributed by atoms with van der Waals surface area (Å²) in [7, 11) is 0. The number of hydrogen-bond donors (Lipinski definition) is 2. The fourth-order valence-electron chi connectivity index (χ4n) is 4.63. The third-order valence-corrected chi connectivity index (χ3v) is 5.82. The molecular formula is C21H19N3O2. The summed E-state index contributed by atoms with van der Waals surface area (Å²) >= 11 is 0. The van der Waals surface area contributed by atoms with Gasteiger partial charge in [0.2, 0.25) is 0 Å². The first kappa shape index (κ1) is 15.2. The Labute approximate surface area is 150 Å². The molecule has 2 aromatic carbocycles. The van der Waals surface area contributed by atoms with Crippen LogP contribution in [0.1, 0.15) is 35.1 Å². The van der Waals surface area contributed by atoms with E-state index in [1.54, 1.807) is 12.1 Å². The van der Waals surface area contributed by atoms with Crippen molar-refractivity contribution >= 4 is 22.3 Å². The number of nitrogens with one attached hydrogen (secondary N) is 2. The first-order chi connectivity index (χ1) is 12.6. The molecule has 3 atom stereocenters. The van der Waals surface area contributed by atoms with Crippen molar-refractivity contribution < 1.29 is 4.92 Å². The second kappa shape index (κ2) is 5.46. The van der Waals surface area contributed by atoms with Gasteiger partial charge >= 0.3 is 0 Å². The van der Waals surface area contributed by atoms with Gasteiger partial charge in [-0.1, -0.05) is 30.4 Å². The van der Waals surface area contributed by atoms with Gasteiger partial charge in [0.15, 0.2) is 0 Å². The van der Waals surface area contributed by atoms with Crippen molar-refractivity contribution in [2.24, 2.45) is 5.92 Å². The molecule has 2 heterocycles. The van der Waals surface area contributed by atoms with E-state index in [1.807, 2.05) is 13.0 Å². The third kappa shape index (κ3) is 2.10. The van der Waals surface area contributed by atoms with Crippen LogP contribution >= 0.6 is 0 Å². The number of aryl methyl sites for hydroxylation is 1. The number of fused-ring (bicyclic) bond motifs is 4. The SMILES string of the molecule is Cc1cc([N+](=O)[O-])cc2c1NC(c1c[nH]c3ccccc13)C1CC=CC21. The fourth-order valence-corrected chi connectivity index (χ4v) is 4.63. The van der Waals surface area contributed by atoms with E-state index in [0.717, 1.165) is 28.8 Å². The van der Waals surface area contributed by atoms with Gasteiger partial charge in [-0.3, -0.25) is 10.1 Å². The quantitative estimate of drug-likeness (QED) is 0.380. The van der Waals surface area contributed by atoms with Crippen LogP contribution in [0.15, 0.2) is 54.7 Å². The second-order valence-corrected chi connectivity index (χ2v) is 7.25. The molecule has 3 aromatic rings. The highest BCUT2D eigenvalue weighted by molar-refractivity contribution is 5.84. The molecule has 0 spiro atoms. The van der Waals surface area contributed by atoms with Crippen molar-refractivity contribution in [1.29, 1.82) is 0 Å². The van der Waals surface area contributed by atoms with Gasteiger partial charge in [0.1, 0.15) is 0 Å². The van der Waals surface area contributed by atoms with Crippen LogP contribution in [0, 0.1) is 23.0 Å². The van der Waals surface area contributed by atoms with E-state index in [2.05, 4.69) is 46.8 Å². The average Bonchev–Trinajstić information content (AvgIpc) is 3.28. The number of aromatic amines is 1. The lowest BCUT2D eigenvalue weighted by molar-refractivity contribution is -0.385. The molecule has 3 unspecified atom stereocenters. The number of nitro benzene ring substituents is 1. The summed E-state index contributed by atoms with van der Waals surface area (Å²) in [5.41, 5.74) is 5.59. The van der Waals surface area contributed by atoms with Gasteiger partial charge in [-0.25, -0.2) is 0 Å². The van der Waals surface area contributed by atoms with Crippen LogP contribution in [0.4, 0.5) is 11.4 Å². The molecule has 2 N–H and O–H groups in total. The molecule has 0 saturated heterocycles. The molecule has 0 amide bonds. The topological polar surface area (TPSA) is 71.0 Å². The van der Waals surface area contributed by atoms with Crippen LogP contribution < -0.4 is 5.32 Å². The van der Waals surface area contributed by atoms with Crippen LogP contribution in [0.3, 0.4) is 0 Å². The Balaban J connectivity index is 1.67. The minimum absolute atomic E-state index is 0.174. The number of anilines is 1. The summed E-state index contributed by atoms with van der Waals surface area (Å²) in [4.78, 5) is 14.4. The molecule has 1 aromatic heterocycles. The lowest BCUT2D eigenvalue weighted by Crippen LogP contribution is -2.29. The largest absolute Gasteiger partial charge is 0.377 e. The predicted molar refractivity (Wildman–Crippen MR) is 102 cm³/mol. The van der Waals surface area contributed by atoms with Crippen LogP contribution in [0.5, 0.6) is 0 Å². The Morgan fingerprint density at radius 1 is 1.19 bits per heavy atom. The van der Waals surface area contributed by atoms with Gasteiger partial charge < -0.3 is 10.3 Å². The summed E-state index contributed by atoms with van der Waals surface area (Å²) in [5.74, 6) is 0.576. The number of non-ortho nitro benzene ring substituents is 1. The van der Waals surface area contributed by atoms with Gasteiger partial charge in [-0.05, 0) is 42.0 Å². The summed E-state index contributed by atoms with van der Waals surface area (Å²) in [6.07, 6.45) is 7.50. The molecule has 0 bridgehead atoms. The fraction of sp³-hybridized carbons (Fsp3) is 0.238. The number of aromatic nitrogens is 1. The van der Waals surface area contributed by atoms with E-state index < -0.39 is 0 Å². The maximum absolute atomic E-state index is 11.3. The van der Waals surface area contributed by atoms with Gasteiger partial charge in [-0.2, -0.15) is 0 Å². The van der Waals surface area contributed by atoms with Crippen LogP contribution in [-0.2, 0) is 0 Å². The number of nitro groups is 1. The van der Waals surface area contributed by atoms with E-state index in [0.29, 0.717) is 5.92 Å². The Morgan fingerprint density at radius 3 is 2.88 bits per heavy atom. The lowest BCUT2D eigenvalue weighted by atomic mass is 9.76. The molecule has 2 aliphatic rings. The highest BCUT2D eigenvalue weighted by atomic mass is 16.6. The highest BCUT2D eigenvalue weighted by Crippen LogP contribution is 2.52. The molecule has 5 nitrogen and oxygen atoms in total. The van der Waals surface area contributed by atoms with Crippen LogP contribution in [0.25, 0.3) is 10.9 Å². The van der Waals surface area contributed by atoms with E-state index in [4.69, 9.17) is 0 Å². The molecule has 5 rings (SSSR count). The average molecular weight is 345 g/mol. The van der Waals surface area contributed by atoms with Crippen molar-refractivity contribution in [2.75, 3.05) is 5.32 Å². The molecule has 0 radical (unpaired) electrons. The number of hydrogen-bond acceptors (Lipinski definition) is 3. The number of nitrogens with zero attached hydrogens (tertiary/aromatic N) is 1. The van der Waals surface area contributed by atoms with Crippen LogP contribution in [0.2, 0.25) is 0 Å². The van der Waals surface area contributed by atoms with Crippen molar-refractivity contribution in [3.05, 3.63) is 81.6 Å². The van der Waals surface area contributed by atoms with E-state index in [-0.39, 0.29) is 22.6 Å². The monoisotopic (exact) mass is 345 g/mol. The number of H-pyrrole nitrogens is 1. The van der Waals surface area contributed by atoms with Gasteiger partial charge in [0.25, 0.3) is 5.69 Å². The molecule has 0 saturated carbocycles. The summed E-state index contributed by atoms with van der Waals surface area (Å²) in [6.45, 7) is 1.95. The minimum Gasteiger partial charge on any atom is -0.377 e. The minimum atomic E-state index is -0.299. The molecular weight excluding hydrogens is 326 g/mol. The first-order valence-corrected chi connectivity index (χ1v) is 8.91. The summed E-state index contributed by atoms with van der Waals surface area (Å²) in [5, 5.41) is 16.2. The predicted octanol–water partition coefficient (Wildman–Crippen LogP) is 5.21. The number of rotatable bonds is 2. The Kier molecular flexibility index (Phi) is 3.19. The Hall–Kier alpha value is -3.08. The van der Waals surface area contributed by atoms with E-state index >= 15 is 0 Å². The van der Waals surface area contributed by atoms with E-state index in [1.165, 1.54) is 10.9 Å². The van der Waals surface area contributed by atoms with Crippen molar-refractivity contribution in [3.8, 4) is 0 Å². The zero-order valence-electron chi connectivity index (χ0n) is 14.4. The van der Waals surface area contributed by atoms with E-state index in [9.17, 15) is 10.1 Å². The van der Waals surface area contributed by atoms with Gasteiger partial charge in [0, 0.05) is 40.8 Å². The molecule has 130 valence electrons. The van der Waals surface area contributed by atoms with Crippen molar-refractivity contribution in [3.63, 3.8) is 0 Å². The number of para-hydroxylation sites is 1. The number of benzene rings is 2. The first-order valence-electron chi connectivity index (χ1n) is 8.91. The molecule has 1 aliphatic carbocycles. The maximum Gasteiger partial charge on any atom is 0.270 e. The van der Waals surface area contributed by atoms with Gasteiger partial charge in [-0.15, -0.1) is 0 Å². The van der Waals surface area contributed by atoms with Crippen LogP contribution in [-0.4, -0.2) is 9.91 Å². The molecule has 1 aliphatic heterocycles. The third-order valence-electron chi connectivity index (χ3n) is 5.82. The van der Waals surface area contributed by atoms with Crippen molar-refractivity contribution in [2.45, 2.75) is 25.3 Å². The zero-order valence-corrected chi connectivity index (χ0v) is 14.4. The summed E-state index contributed by atoms with van der Waals surface area (Å²) in [6, 6.07) is 11.9. The molecule has 0 fully saturated rings. The highest BCUT2D eigenvalue weighted by Gasteiger charge is 2.40. The lowest BCUT2D eigenvalue weighted by Gasteiger charge is -2.38. The summed E-state index contributed by atoms with van der Waals surface area (Å²) < 4.78 is 0.